The lowest BCUT2D eigenvalue weighted by Crippen LogP contribution is -2.35. The summed E-state index contributed by atoms with van der Waals surface area (Å²) in [6.07, 6.45) is 10.7. The van der Waals surface area contributed by atoms with Crippen LogP contribution in [0.15, 0.2) is 41.5 Å². The van der Waals surface area contributed by atoms with Gasteiger partial charge in [-0.2, -0.15) is 5.10 Å². The summed E-state index contributed by atoms with van der Waals surface area (Å²) in [5.74, 6) is 0.160. The predicted octanol–water partition coefficient (Wildman–Crippen LogP) is 3.78. The Balaban J connectivity index is 0.000000212. The molecule has 0 atom stereocenters. The number of rotatable bonds is 1. The minimum atomic E-state index is -0.176. The molecule has 31 heavy (non-hydrogen) atoms. The smallest absolute Gasteiger partial charge is 0.257 e. The lowest BCUT2D eigenvalue weighted by Gasteiger charge is -2.22. The van der Waals surface area contributed by atoms with Gasteiger partial charge in [-0.25, -0.2) is 4.98 Å². The molecule has 4 aromatic rings. The normalized spacial score (nSPS) is 17.0. The number of phenolic OH excluding ortho intramolecular Hbond substituents is 1. The van der Waals surface area contributed by atoms with Crippen molar-refractivity contribution in [3.8, 4) is 17.0 Å². The molecule has 6 rings (SSSR count). The van der Waals surface area contributed by atoms with Crippen molar-refractivity contribution in [2.75, 3.05) is 6.54 Å². The van der Waals surface area contributed by atoms with Gasteiger partial charge in [0.25, 0.3) is 5.56 Å². The monoisotopic (exact) mass is 417 g/mol. The summed E-state index contributed by atoms with van der Waals surface area (Å²) in [5.41, 5.74) is 3.83. The number of phenols is 1. The highest BCUT2D eigenvalue weighted by molar-refractivity contribution is 5.91. The lowest BCUT2D eigenvalue weighted by atomic mass is 10.0. The van der Waals surface area contributed by atoms with E-state index in [0.717, 1.165) is 10.9 Å². The van der Waals surface area contributed by atoms with Crippen LogP contribution in [-0.2, 0) is 7.05 Å². The largest absolute Gasteiger partial charge is 0.507 e. The van der Waals surface area contributed by atoms with E-state index in [-0.39, 0.29) is 11.3 Å². The molecule has 0 unspecified atom stereocenters. The van der Waals surface area contributed by atoms with E-state index in [0.29, 0.717) is 33.3 Å². The van der Waals surface area contributed by atoms with Crippen molar-refractivity contribution in [3.63, 3.8) is 0 Å². The van der Waals surface area contributed by atoms with Crippen molar-refractivity contribution in [2.45, 2.75) is 44.6 Å². The number of piperidine rings is 1. The van der Waals surface area contributed by atoms with E-state index in [2.05, 4.69) is 20.4 Å². The van der Waals surface area contributed by atoms with E-state index in [9.17, 15) is 9.90 Å². The van der Waals surface area contributed by atoms with E-state index in [1.807, 2.05) is 26.2 Å². The van der Waals surface area contributed by atoms with Gasteiger partial charge in [-0.05, 0) is 63.4 Å². The molecule has 1 aromatic carbocycles. The first-order valence-corrected chi connectivity index (χ1v) is 10.9. The second-order valence-electron chi connectivity index (χ2n) is 8.74. The zero-order valence-corrected chi connectivity index (χ0v) is 17.9. The van der Waals surface area contributed by atoms with Crippen LogP contribution in [0.5, 0.6) is 5.75 Å². The van der Waals surface area contributed by atoms with E-state index in [1.165, 1.54) is 38.6 Å². The SMILES string of the molecule is C1CCC2(CC2)NC1.Cc1c(O)c(-c2ccc3c(=O)[nH]ccc3n2)cc2cn(C)nc12. The van der Waals surface area contributed by atoms with Gasteiger partial charge in [0.1, 0.15) is 5.75 Å². The number of hydrogen-bond donors (Lipinski definition) is 3. The highest BCUT2D eigenvalue weighted by atomic mass is 16.3. The molecule has 3 aromatic heterocycles. The van der Waals surface area contributed by atoms with Gasteiger partial charge in [0.05, 0.1) is 22.1 Å². The zero-order chi connectivity index (χ0) is 21.6. The van der Waals surface area contributed by atoms with Crippen molar-refractivity contribution in [2.24, 2.45) is 7.05 Å². The second-order valence-corrected chi connectivity index (χ2v) is 8.74. The van der Waals surface area contributed by atoms with E-state index in [4.69, 9.17) is 0 Å². The van der Waals surface area contributed by atoms with Crippen LogP contribution in [0.2, 0.25) is 0 Å². The summed E-state index contributed by atoms with van der Waals surface area (Å²) in [7, 11) is 1.84. The molecule has 160 valence electrons. The van der Waals surface area contributed by atoms with Gasteiger partial charge in [0.15, 0.2) is 0 Å². The molecule has 1 saturated carbocycles. The Morgan fingerprint density at radius 2 is 2.00 bits per heavy atom. The average Bonchev–Trinajstić information content (AvgIpc) is 3.40. The molecule has 2 aliphatic rings. The third-order valence-corrected chi connectivity index (χ3v) is 6.46. The van der Waals surface area contributed by atoms with Crippen molar-refractivity contribution in [1.82, 2.24) is 25.1 Å². The maximum absolute atomic E-state index is 11.8. The molecule has 3 N–H and O–H groups in total. The Bertz CT molecular complexity index is 1330. The quantitative estimate of drug-likeness (QED) is 0.438. The molecule has 1 spiro atoms. The predicted molar refractivity (Wildman–Crippen MR) is 122 cm³/mol. The van der Waals surface area contributed by atoms with Crippen molar-refractivity contribution in [3.05, 3.63) is 52.6 Å². The van der Waals surface area contributed by atoms with Crippen LogP contribution in [0.3, 0.4) is 0 Å². The summed E-state index contributed by atoms with van der Waals surface area (Å²) in [5, 5.41) is 19.9. The van der Waals surface area contributed by atoms with Crippen LogP contribution in [0.1, 0.15) is 37.7 Å². The number of aromatic hydroxyl groups is 1. The number of aromatic amines is 1. The van der Waals surface area contributed by atoms with E-state index >= 15 is 0 Å². The third kappa shape index (κ3) is 3.70. The van der Waals surface area contributed by atoms with Crippen molar-refractivity contribution >= 4 is 21.8 Å². The van der Waals surface area contributed by atoms with Gasteiger partial charge in [-0.15, -0.1) is 0 Å². The number of pyridine rings is 2. The maximum atomic E-state index is 11.8. The lowest BCUT2D eigenvalue weighted by molar-refractivity contribution is 0.385. The number of benzene rings is 1. The first kappa shape index (κ1) is 19.8. The molecular formula is C24H27N5O2. The first-order valence-electron chi connectivity index (χ1n) is 10.9. The van der Waals surface area contributed by atoms with Crippen molar-refractivity contribution in [1.29, 1.82) is 0 Å². The highest BCUT2D eigenvalue weighted by Crippen LogP contribution is 2.41. The fourth-order valence-electron chi connectivity index (χ4n) is 4.46. The topological polar surface area (TPSA) is 95.8 Å². The van der Waals surface area contributed by atoms with Gasteiger partial charge < -0.3 is 15.4 Å². The Morgan fingerprint density at radius 1 is 1.16 bits per heavy atom. The Labute approximate surface area is 180 Å². The average molecular weight is 418 g/mol. The van der Waals surface area contributed by atoms with Gasteiger partial charge in [-0.1, -0.05) is 6.42 Å². The molecule has 1 saturated heterocycles. The molecule has 7 heteroatoms. The minimum Gasteiger partial charge on any atom is -0.507 e. The van der Waals surface area contributed by atoms with Gasteiger partial charge in [0, 0.05) is 41.5 Å². The molecule has 0 amide bonds. The standard InChI is InChI=1S/C17H14N4O2.C7H13N/c1-9-15-10(8-21(2)20-15)7-12(16(9)22)13-4-3-11-14(19-13)5-6-18-17(11)23;1-2-6-8-7(3-1)4-5-7/h3-8,22H,1-2H3,(H,18,23);8H,1-6H2. The number of fused-ring (bicyclic) bond motifs is 2. The van der Waals surface area contributed by atoms with E-state index < -0.39 is 0 Å². The fourth-order valence-corrected chi connectivity index (χ4v) is 4.46. The molecular weight excluding hydrogens is 390 g/mol. The van der Waals surface area contributed by atoms with Gasteiger partial charge in [-0.3, -0.25) is 9.48 Å². The van der Waals surface area contributed by atoms with Crippen LogP contribution >= 0.6 is 0 Å². The molecule has 7 nitrogen and oxygen atoms in total. The Kier molecular flexibility index (Phi) is 4.78. The highest BCUT2D eigenvalue weighted by Gasteiger charge is 2.42. The number of hydrogen-bond acceptors (Lipinski definition) is 5. The molecule has 2 fully saturated rings. The molecule has 1 aliphatic heterocycles. The fraction of sp³-hybridized carbons (Fsp3) is 0.375. The van der Waals surface area contributed by atoms with Crippen LogP contribution in [-0.4, -0.2) is 36.9 Å². The minimum absolute atomic E-state index is 0.160. The van der Waals surface area contributed by atoms with Crippen LogP contribution < -0.4 is 10.9 Å². The van der Waals surface area contributed by atoms with Crippen molar-refractivity contribution < 1.29 is 5.11 Å². The molecule has 4 heterocycles. The Morgan fingerprint density at radius 3 is 2.71 bits per heavy atom. The number of aryl methyl sites for hydroxylation is 2. The van der Waals surface area contributed by atoms with Crippen LogP contribution in [0.25, 0.3) is 33.1 Å². The third-order valence-electron chi connectivity index (χ3n) is 6.46. The summed E-state index contributed by atoms with van der Waals surface area (Å²) in [6.45, 7) is 3.11. The summed E-state index contributed by atoms with van der Waals surface area (Å²) < 4.78 is 1.72. The first-order chi connectivity index (χ1) is 15.0. The zero-order valence-electron chi connectivity index (χ0n) is 17.9. The molecule has 0 radical (unpaired) electrons. The number of nitrogens with one attached hydrogen (secondary N) is 2. The Hall–Kier alpha value is -3.19. The number of nitrogens with zero attached hydrogens (tertiary/aromatic N) is 3. The number of aromatic nitrogens is 4. The molecule has 1 aliphatic carbocycles. The maximum Gasteiger partial charge on any atom is 0.257 e. The second kappa shape index (κ2) is 7.50. The molecule has 0 bridgehead atoms. The summed E-state index contributed by atoms with van der Waals surface area (Å²) in [4.78, 5) is 18.9. The van der Waals surface area contributed by atoms with E-state index in [1.54, 1.807) is 29.1 Å². The van der Waals surface area contributed by atoms with Crippen LogP contribution in [0, 0.1) is 6.92 Å². The van der Waals surface area contributed by atoms with Gasteiger partial charge in [0.2, 0.25) is 0 Å². The van der Waals surface area contributed by atoms with Gasteiger partial charge >= 0.3 is 0 Å². The summed E-state index contributed by atoms with van der Waals surface area (Å²) in [6, 6.07) is 7.08. The van der Waals surface area contributed by atoms with Crippen LogP contribution in [0.4, 0.5) is 0 Å². The number of H-pyrrole nitrogens is 1. The summed E-state index contributed by atoms with van der Waals surface area (Å²) >= 11 is 0.